The molecule has 1 heterocycles. The number of rotatable bonds is 6. The lowest BCUT2D eigenvalue weighted by atomic mass is 9.92. The van der Waals surface area contributed by atoms with Crippen LogP contribution in [0.3, 0.4) is 0 Å². The van der Waals surface area contributed by atoms with Gasteiger partial charge in [-0.2, -0.15) is 0 Å². The molecule has 1 aliphatic carbocycles. The van der Waals surface area contributed by atoms with Crippen molar-refractivity contribution in [3.63, 3.8) is 0 Å². The predicted molar refractivity (Wildman–Crippen MR) is 72.6 cm³/mol. The van der Waals surface area contributed by atoms with E-state index in [1.807, 2.05) is 6.92 Å². The van der Waals surface area contributed by atoms with Crippen molar-refractivity contribution in [3.05, 3.63) is 24.0 Å². The summed E-state index contributed by atoms with van der Waals surface area (Å²) < 4.78 is 11.0. The van der Waals surface area contributed by atoms with Gasteiger partial charge in [-0.1, -0.05) is 6.92 Å². The molecule has 0 spiro atoms. The van der Waals surface area contributed by atoms with Gasteiger partial charge in [-0.15, -0.1) is 0 Å². The smallest absolute Gasteiger partial charge is 0.196 e. The van der Waals surface area contributed by atoms with Gasteiger partial charge in [-0.25, -0.2) is 0 Å². The number of nitrogens with zero attached hydrogens (tertiary/aromatic N) is 1. The molecule has 4 heteroatoms. The van der Waals surface area contributed by atoms with Crippen molar-refractivity contribution in [2.45, 2.75) is 44.6 Å². The Morgan fingerprint density at radius 1 is 1.37 bits per heavy atom. The highest BCUT2D eigenvalue weighted by Gasteiger charge is 2.41. The van der Waals surface area contributed by atoms with Crippen LogP contribution in [0.25, 0.3) is 0 Å². The van der Waals surface area contributed by atoms with E-state index in [-0.39, 0.29) is 5.78 Å². The molecule has 104 valence electrons. The van der Waals surface area contributed by atoms with Gasteiger partial charge < -0.3 is 9.47 Å². The number of ketones is 1. The summed E-state index contributed by atoms with van der Waals surface area (Å²) in [6.45, 7) is 2.68. The molecule has 0 unspecified atom stereocenters. The second kappa shape index (κ2) is 6.15. The molecule has 0 bridgehead atoms. The van der Waals surface area contributed by atoms with Crippen molar-refractivity contribution in [1.82, 2.24) is 4.98 Å². The molecule has 0 aliphatic heterocycles. The molecule has 19 heavy (non-hydrogen) atoms. The largest absolute Gasteiger partial charge is 0.492 e. The average Bonchev–Trinajstić information content (AvgIpc) is 2.94. The van der Waals surface area contributed by atoms with Crippen molar-refractivity contribution in [3.8, 4) is 5.75 Å². The summed E-state index contributed by atoms with van der Waals surface area (Å²) in [7, 11) is 1.62. The fourth-order valence-electron chi connectivity index (χ4n) is 2.57. The number of carbonyl (C=O) groups excluding carboxylic acids is 1. The summed E-state index contributed by atoms with van der Waals surface area (Å²) in [6.07, 6.45) is 7.84. The molecule has 0 aromatic carbocycles. The van der Waals surface area contributed by atoms with Gasteiger partial charge in [0.25, 0.3) is 0 Å². The lowest BCUT2D eigenvalue weighted by molar-refractivity contribution is 0.00597. The molecule has 0 N–H and O–H groups in total. The quantitative estimate of drug-likeness (QED) is 0.740. The van der Waals surface area contributed by atoms with Crippen LogP contribution < -0.4 is 4.74 Å². The van der Waals surface area contributed by atoms with Crippen molar-refractivity contribution in [1.29, 1.82) is 0 Å². The number of aromatic nitrogens is 1. The van der Waals surface area contributed by atoms with Crippen LogP contribution in [0.4, 0.5) is 0 Å². The van der Waals surface area contributed by atoms with E-state index in [0.717, 1.165) is 32.1 Å². The van der Waals surface area contributed by atoms with Crippen LogP contribution in [0.1, 0.15) is 49.4 Å². The van der Waals surface area contributed by atoms with Crippen LogP contribution in [0.5, 0.6) is 5.75 Å². The molecule has 0 saturated heterocycles. The van der Waals surface area contributed by atoms with Crippen LogP contribution in [0.2, 0.25) is 0 Å². The van der Waals surface area contributed by atoms with E-state index in [4.69, 9.17) is 9.47 Å². The number of Topliss-reactive ketones (excluding diaryl/α,β-unsaturated/α-hetero) is 1. The van der Waals surface area contributed by atoms with Gasteiger partial charge in [0.2, 0.25) is 0 Å². The Hall–Kier alpha value is -1.42. The van der Waals surface area contributed by atoms with Crippen molar-refractivity contribution in [2.75, 3.05) is 13.7 Å². The molecule has 1 aliphatic rings. The van der Waals surface area contributed by atoms with Crippen LogP contribution >= 0.6 is 0 Å². The third-order valence-corrected chi connectivity index (χ3v) is 3.66. The van der Waals surface area contributed by atoms with Gasteiger partial charge in [0.05, 0.1) is 12.8 Å². The lowest BCUT2D eigenvalue weighted by Gasteiger charge is -2.25. The minimum absolute atomic E-state index is 0.0296. The standard InChI is InChI=1S/C15H21NO3/c1-3-8-19-13-9-12(10-16-11-13)14(17)15(18-2)6-4-5-7-15/h9-11H,3-8H2,1-2H3. The van der Waals surface area contributed by atoms with Crippen molar-refractivity contribution >= 4 is 5.78 Å². The molecule has 2 rings (SSSR count). The fraction of sp³-hybridized carbons (Fsp3) is 0.600. The van der Waals surface area contributed by atoms with Crippen LogP contribution in [-0.2, 0) is 4.74 Å². The zero-order valence-corrected chi connectivity index (χ0v) is 11.6. The molecule has 4 nitrogen and oxygen atoms in total. The Bertz CT molecular complexity index is 439. The Morgan fingerprint density at radius 2 is 2.11 bits per heavy atom. The number of hydrogen-bond donors (Lipinski definition) is 0. The molecule has 0 amide bonds. The number of methoxy groups -OCH3 is 1. The van der Waals surface area contributed by atoms with E-state index >= 15 is 0 Å². The van der Waals surface area contributed by atoms with E-state index in [1.165, 1.54) is 0 Å². The Balaban J connectivity index is 2.18. The first kappa shape index (κ1) is 14.0. The average molecular weight is 263 g/mol. The van der Waals surface area contributed by atoms with Gasteiger partial charge in [0.1, 0.15) is 11.4 Å². The molecule has 1 saturated carbocycles. The highest BCUT2D eigenvalue weighted by atomic mass is 16.5. The van der Waals surface area contributed by atoms with Crippen LogP contribution in [-0.4, -0.2) is 30.1 Å². The summed E-state index contributed by atoms with van der Waals surface area (Å²) in [4.78, 5) is 16.7. The van der Waals surface area contributed by atoms with Gasteiger partial charge in [0, 0.05) is 18.9 Å². The van der Waals surface area contributed by atoms with E-state index in [9.17, 15) is 4.79 Å². The first-order valence-corrected chi connectivity index (χ1v) is 6.89. The Labute approximate surface area is 114 Å². The van der Waals surface area contributed by atoms with Gasteiger partial charge in [-0.3, -0.25) is 9.78 Å². The molecule has 1 fully saturated rings. The highest BCUT2D eigenvalue weighted by molar-refractivity contribution is 6.02. The topological polar surface area (TPSA) is 48.4 Å². The molecular formula is C15H21NO3. The van der Waals surface area contributed by atoms with Gasteiger partial charge in [0.15, 0.2) is 5.78 Å². The maximum Gasteiger partial charge on any atom is 0.196 e. The molecule has 0 atom stereocenters. The van der Waals surface area contributed by atoms with Crippen molar-refractivity contribution in [2.24, 2.45) is 0 Å². The van der Waals surface area contributed by atoms with Crippen LogP contribution in [0, 0.1) is 0 Å². The summed E-state index contributed by atoms with van der Waals surface area (Å²) >= 11 is 0. The SMILES string of the molecule is CCCOc1cncc(C(=O)C2(OC)CCCC2)c1. The molecule has 1 aromatic rings. The zero-order valence-electron chi connectivity index (χ0n) is 11.6. The summed E-state index contributed by atoms with van der Waals surface area (Å²) in [5, 5.41) is 0. The second-order valence-corrected chi connectivity index (χ2v) is 4.99. The van der Waals surface area contributed by atoms with Crippen molar-refractivity contribution < 1.29 is 14.3 Å². The summed E-state index contributed by atoms with van der Waals surface area (Å²) in [5.41, 5.74) is -0.0669. The van der Waals surface area contributed by atoms with E-state index in [1.54, 1.807) is 25.6 Å². The fourth-order valence-corrected chi connectivity index (χ4v) is 2.57. The minimum atomic E-state index is -0.648. The predicted octanol–water partition coefficient (Wildman–Crippen LogP) is 3.01. The molecule has 0 radical (unpaired) electrons. The zero-order chi connectivity index (χ0) is 13.7. The number of hydrogen-bond acceptors (Lipinski definition) is 4. The third kappa shape index (κ3) is 2.95. The summed E-state index contributed by atoms with van der Waals surface area (Å²) in [6, 6.07) is 1.77. The van der Waals surface area contributed by atoms with Gasteiger partial charge >= 0.3 is 0 Å². The Kier molecular flexibility index (Phi) is 4.53. The maximum absolute atomic E-state index is 12.6. The van der Waals surface area contributed by atoms with E-state index < -0.39 is 5.60 Å². The van der Waals surface area contributed by atoms with Gasteiger partial charge in [-0.05, 0) is 38.2 Å². The maximum atomic E-state index is 12.6. The number of ether oxygens (including phenoxy) is 2. The molecular weight excluding hydrogens is 242 g/mol. The normalized spacial score (nSPS) is 17.4. The number of pyridine rings is 1. The third-order valence-electron chi connectivity index (χ3n) is 3.66. The molecule has 1 aromatic heterocycles. The number of carbonyl (C=O) groups is 1. The monoisotopic (exact) mass is 263 g/mol. The van der Waals surface area contributed by atoms with Crippen LogP contribution in [0.15, 0.2) is 18.5 Å². The van der Waals surface area contributed by atoms with E-state index in [2.05, 4.69) is 4.98 Å². The first-order chi connectivity index (χ1) is 9.22. The second-order valence-electron chi connectivity index (χ2n) is 4.99. The lowest BCUT2D eigenvalue weighted by Crippen LogP contribution is -2.37. The van der Waals surface area contributed by atoms with E-state index in [0.29, 0.717) is 17.9 Å². The minimum Gasteiger partial charge on any atom is -0.492 e. The first-order valence-electron chi connectivity index (χ1n) is 6.89. The summed E-state index contributed by atoms with van der Waals surface area (Å²) in [5.74, 6) is 0.680. The Morgan fingerprint density at radius 3 is 2.74 bits per heavy atom. The highest BCUT2D eigenvalue weighted by Crippen LogP contribution is 2.35.